The Morgan fingerprint density at radius 1 is 1.50 bits per heavy atom. The highest BCUT2D eigenvalue weighted by atomic mass is 79.9. The van der Waals surface area contributed by atoms with Gasteiger partial charge in [-0.2, -0.15) is 0 Å². The van der Waals surface area contributed by atoms with Crippen LogP contribution in [0, 0.1) is 5.41 Å². The van der Waals surface area contributed by atoms with Gasteiger partial charge >= 0.3 is 0 Å². The highest BCUT2D eigenvalue weighted by molar-refractivity contribution is 9.09. The summed E-state index contributed by atoms with van der Waals surface area (Å²) in [5.41, 5.74) is 0.516. The summed E-state index contributed by atoms with van der Waals surface area (Å²) in [6, 6.07) is 0. The Bertz CT molecular complexity index is 132. The molecule has 0 radical (unpaired) electrons. The van der Waals surface area contributed by atoms with Gasteiger partial charge in [0.15, 0.2) is 0 Å². The number of rotatable bonds is 6. The maximum atomic E-state index is 5.77. The molecule has 0 spiro atoms. The van der Waals surface area contributed by atoms with Gasteiger partial charge in [-0.3, -0.25) is 0 Å². The van der Waals surface area contributed by atoms with Crippen molar-refractivity contribution in [3.63, 3.8) is 0 Å². The van der Waals surface area contributed by atoms with E-state index >= 15 is 0 Å². The summed E-state index contributed by atoms with van der Waals surface area (Å²) in [6.07, 6.45) is 5.56. The third-order valence-electron chi connectivity index (χ3n) is 2.61. The molecule has 0 bridgehead atoms. The standard InChI is InChI=1S/C10H19BrO/c1-3-4-9(2)12-8-10(7-11)5-6-10/h9H,3-8H2,1-2H3. The molecule has 0 amide bonds. The molecule has 0 aromatic rings. The van der Waals surface area contributed by atoms with E-state index in [9.17, 15) is 0 Å². The van der Waals surface area contributed by atoms with Crippen LogP contribution in [0.15, 0.2) is 0 Å². The normalized spacial score (nSPS) is 22.2. The predicted octanol–water partition coefficient (Wildman–Crippen LogP) is 3.37. The van der Waals surface area contributed by atoms with Gasteiger partial charge in [0.25, 0.3) is 0 Å². The molecule has 0 aliphatic heterocycles. The van der Waals surface area contributed by atoms with Crippen molar-refractivity contribution in [2.45, 2.75) is 45.6 Å². The zero-order valence-corrected chi connectivity index (χ0v) is 9.69. The summed E-state index contributed by atoms with van der Waals surface area (Å²) in [4.78, 5) is 0. The van der Waals surface area contributed by atoms with Gasteiger partial charge in [0.05, 0.1) is 12.7 Å². The smallest absolute Gasteiger partial charge is 0.0547 e. The molecule has 0 aromatic carbocycles. The molecule has 1 unspecified atom stereocenters. The van der Waals surface area contributed by atoms with Gasteiger partial charge in [0, 0.05) is 10.7 Å². The van der Waals surface area contributed by atoms with Crippen molar-refractivity contribution in [3.05, 3.63) is 0 Å². The van der Waals surface area contributed by atoms with Crippen molar-refractivity contribution in [1.29, 1.82) is 0 Å². The third kappa shape index (κ3) is 3.06. The van der Waals surface area contributed by atoms with E-state index in [0.29, 0.717) is 11.5 Å². The molecule has 0 saturated heterocycles. The quantitative estimate of drug-likeness (QED) is 0.641. The van der Waals surface area contributed by atoms with Crippen LogP contribution in [0.5, 0.6) is 0 Å². The molecular formula is C10H19BrO. The van der Waals surface area contributed by atoms with Crippen LogP contribution in [-0.4, -0.2) is 18.0 Å². The summed E-state index contributed by atoms with van der Waals surface area (Å²) in [7, 11) is 0. The molecule has 1 aliphatic rings. The minimum absolute atomic E-state index is 0.450. The second-order valence-corrected chi connectivity index (χ2v) is 4.60. The van der Waals surface area contributed by atoms with Gasteiger partial charge in [0.1, 0.15) is 0 Å². The van der Waals surface area contributed by atoms with Crippen LogP contribution in [0.4, 0.5) is 0 Å². The van der Waals surface area contributed by atoms with Crippen molar-refractivity contribution in [1.82, 2.24) is 0 Å². The average Bonchev–Trinajstić information content (AvgIpc) is 2.82. The largest absolute Gasteiger partial charge is 0.378 e. The van der Waals surface area contributed by atoms with Gasteiger partial charge in [-0.25, -0.2) is 0 Å². The highest BCUT2D eigenvalue weighted by Crippen LogP contribution is 2.47. The Morgan fingerprint density at radius 2 is 2.17 bits per heavy atom. The lowest BCUT2D eigenvalue weighted by Gasteiger charge is -2.16. The van der Waals surface area contributed by atoms with Crippen LogP contribution < -0.4 is 0 Å². The number of halogens is 1. The third-order valence-corrected chi connectivity index (χ3v) is 3.80. The van der Waals surface area contributed by atoms with Crippen LogP contribution in [0.1, 0.15) is 39.5 Å². The zero-order valence-electron chi connectivity index (χ0n) is 8.11. The second kappa shape index (κ2) is 4.61. The summed E-state index contributed by atoms with van der Waals surface area (Å²) in [6.45, 7) is 5.34. The molecule has 0 aromatic heterocycles. The van der Waals surface area contributed by atoms with E-state index in [4.69, 9.17) is 4.74 Å². The molecule has 1 atom stereocenters. The SMILES string of the molecule is CCCC(C)OCC1(CBr)CC1. The van der Waals surface area contributed by atoms with E-state index in [1.54, 1.807) is 0 Å². The first-order valence-electron chi connectivity index (χ1n) is 4.90. The fraction of sp³-hybridized carbons (Fsp3) is 1.00. The first-order chi connectivity index (χ1) is 5.72. The fourth-order valence-electron chi connectivity index (χ4n) is 1.30. The average molecular weight is 235 g/mol. The van der Waals surface area contributed by atoms with E-state index in [1.807, 2.05) is 0 Å². The van der Waals surface area contributed by atoms with Crippen LogP contribution >= 0.6 is 15.9 Å². The van der Waals surface area contributed by atoms with E-state index in [0.717, 1.165) is 11.9 Å². The molecule has 0 heterocycles. The molecule has 0 N–H and O–H groups in total. The lowest BCUT2D eigenvalue weighted by molar-refractivity contribution is 0.0336. The molecule has 12 heavy (non-hydrogen) atoms. The minimum Gasteiger partial charge on any atom is -0.378 e. The van der Waals surface area contributed by atoms with E-state index in [1.165, 1.54) is 25.7 Å². The first kappa shape index (κ1) is 10.5. The molecule has 1 saturated carbocycles. The van der Waals surface area contributed by atoms with Crippen LogP contribution in [-0.2, 0) is 4.74 Å². The van der Waals surface area contributed by atoms with Crippen molar-refractivity contribution in [2.24, 2.45) is 5.41 Å². The van der Waals surface area contributed by atoms with Gasteiger partial charge in [0.2, 0.25) is 0 Å². The Hall–Kier alpha value is 0.440. The van der Waals surface area contributed by atoms with Gasteiger partial charge in [-0.15, -0.1) is 0 Å². The number of alkyl halides is 1. The Morgan fingerprint density at radius 3 is 2.58 bits per heavy atom. The van der Waals surface area contributed by atoms with E-state index < -0.39 is 0 Å². The van der Waals surface area contributed by atoms with Crippen LogP contribution in [0.3, 0.4) is 0 Å². The summed E-state index contributed by atoms with van der Waals surface area (Å²) < 4.78 is 5.77. The minimum atomic E-state index is 0.450. The second-order valence-electron chi connectivity index (χ2n) is 4.04. The van der Waals surface area contributed by atoms with Crippen molar-refractivity contribution >= 4 is 15.9 Å². The topological polar surface area (TPSA) is 9.23 Å². The summed E-state index contributed by atoms with van der Waals surface area (Å²) in [5, 5.41) is 1.11. The van der Waals surface area contributed by atoms with Crippen molar-refractivity contribution in [3.8, 4) is 0 Å². The van der Waals surface area contributed by atoms with E-state index in [-0.39, 0.29) is 0 Å². The Labute approximate surface area is 84.0 Å². The zero-order chi connectivity index (χ0) is 9.03. The first-order valence-corrected chi connectivity index (χ1v) is 6.02. The number of hydrogen-bond acceptors (Lipinski definition) is 1. The lowest BCUT2D eigenvalue weighted by Crippen LogP contribution is -2.17. The van der Waals surface area contributed by atoms with Crippen molar-refractivity contribution < 1.29 is 4.74 Å². The summed E-state index contributed by atoms with van der Waals surface area (Å²) in [5.74, 6) is 0. The Balaban J connectivity index is 2.08. The number of hydrogen-bond donors (Lipinski definition) is 0. The summed E-state index contributed by atoms with van der Waals surface area (Å²) >= 11 is 3.54. The molecule has 1 rings (SSSR count). The molecule has 1 fully saturated rings. The maximum absolute atomic E-state index is 5.77. The predicted molar refractivity (Wildman–Crippen MR) is 55.8 cm³/mol. The molecule has 72 valence electrons. The van der Waals surface area contributed by atoms with Gasteiger partial charge in [-0.05, 0) is 26.2 Å². The maximum Gasteiger partial charge on any atom is 0.0547 e. The molecule has 2 heteroatoms. The highest BCUT2D eigenvalue weighted by Gasteiger charge is 2.41. The van der Waals surface area contributed by atoms with Gasteiger partial charge < -0.3 is 4.74 Å². The molecular weight excluding hydrogens is 216 g/mol. The fourth-order valence-corrected chi connectivity index (χ4v) is 2.02. The van der Waals surface area contributed by atoms with Crippen LogP contribution in [0.25, 0.3) is 0 Å². The van der Waals surface area contributed by atoms with Crippen molar-refractivity contribution in [2.75, 3.05) is 11.9 Å². The lowest BCUT2D eigenvalue weighted by atomic mass is 10.1. The van der Waals surface area contributed by atoms with E-state index in [2.05, 4.69) is 29.8 Å². The Kier molecular flexibility index (Phi) is 4.04. The van der Waals surface area contributed by atoms with Gasteiger partial charge in [-0.1, -0.05) is 29.3 Å². The molecule has 1 nitrogen and oxygen atoms in total. The monoisotopic (exact) mass is 234 g/mol. The number of ether oxygens (including phenoxy) is 1. The molecule has 1 aliphatic carbocycles. The van der Waals surface area contributed by atoms with Crippen LogP contribution in [0.2, 0.25) is 0 Å².